The van der Waals surface area contributed by atoms with Crippen LogP contribution in [0, 0.1) is 0 Å². The lowest BCUT2D eigenvalue weighted by Crippen LogP contribution is -2.39. The molecule has 0 aromatic carbocycles. The first-order valence-corrected chi connectivity index (χ1v) is 28.9. The predicted molar refractivity (Wildman–Crippen MR) is 284 cm³/mol. The second-order valence-corrected chi connectivity index (χ2v) is 20.8. The maximum Gasteiger partial charge on any atom is 0.407 e. The fourth-order valence-electron chi connectivity index (χ4n) is 8.03. The first-order valence-electron chi connectivity index (χ1n) is 28.9. The summed E-state index contributed by atoms with van der Waals surface area (Å²) in [6, 6.07) is 0. The van der Waals surface area contributed by atoms with Crippen molar-refractivity contribution in [1.29, 1.82) is 0 Å². The predicted octanol–water partition coefficient (Wildman–Crippen LogP) is 14.8. The van der Waals surface area contributed by atoms with Gasteiger partial charge in [0.05, 0.1) is 38.6 Å². The second-order valence-electron chi connectivity index (χ2n) is 20.8. The molecule has 0 aromatic rings. The van der Waals surface area contributed by atoms with Gasteiger partial charge in [-0.1, -0.05) is 201 Å². The molecule has 0 aliphatic rings. The molecule has 0 aliphatic heterocycles. The van der Waals surface area contributed by atoms with Gasteiger partial charge >= 0.3 is 24.1 Å². The Balaban J connectivity index is 4.45. The molecule has 414 valence electrons. The number of carbonyl (C=O) groups excluding carboxylic acids is 4. The van der Waals surface area contributed by atoms with E-state index in [1.165, 1.54) is 154 Å². The summed E-state index contributed by atoms with van der Waals surface area (Å²) in [5.74, 6) is -0.721. The van der Waals surface area contributed by atoms with Crippen LogP contribution in [0.4, 0.5) is 9.59 Å². The van der Waals surface area contributed by atoms with Crippen molar-refractivity contribution in [3.63, 3.8) is 0 Å². The van der Waals surface area contributed by atoms with Gasteiger partial charge in [-0.15, -0.1) is 0 Å². The third kappa shape index (κ3) is 49.0. The summed E-state index contributed by atoms with van der Waals surface area (Å²) >= 11 is 0. The Labute approximate surface area is 429 Å². The maximum atomic E-state index is 12.8. The van der Waals surface area contributed by atoms with Crippen LogP contribution < -0.4 is 10.6 Å². The molecule has 0 radical (unpaired) electrons. The van der Waals surface area contributed by atoms with Crippen LogP contribution in [0.5, 0.6) is 0 Å². The summed E-state index contributed by atoms with van der Waals surface area (Å²) in [6.07, 6.45) is 37.2. The molecule has 0 rings (SSSR count). The van der Waals surface area contributed by atoms with Crippen LogP contribution in [0.2, 0.25) is 0 Å². The monoisotopic (exact) mass is 999 g/mol. The molecule has 0 fully saturated rings. The van der Waals surface area contributed by atoms with Crippen LogP contribution in [0.25, 0.3) is 0 Å². The molecule has 2 N–H and O–H groups in total. The zero-order chi connectivity index (χ0) is 51.7. The van der Waals surface area contributed by atoms with Crippen LogP contribution in [-0.4, -0.2) is 101 Å². The first kappa shape index (κ1) is 67.4. The molecular formula is C57H110N2O11. The Hall–Kier alpha value is -2.64. The van der Waals surface area contributed by atoms with Crippen molar-refractivity contribution in [2.24, 2.45) is 0 Å². The maximum absolute atomic E-state index is 12.8. The Bertz CT molecular complexity index is 1220. The lowest BCUT2D eigenvalue weighted by molar-refractivity contribution is -0.161. The lowest BCUT2D eigenvalue weighted by Gasteiger charge is -2.30. The van der Waals surface area contributed by atoms with Crippen molar-refractivity contribution in [3.05, 3.63) is 0 Å². The van der Waals surface area contributed by atoms with E-state index >= 15 is 0 Å². The number of unbranched alkanes of at least 4 members (excludes halogenated alkanes) is 28. The molecule has 70 heavy (non-hydrogen) atoms. The van der Waals surface area contributed by atoms with Gasteiger partial charge in [-0.3, -0.25) is 9.59 Å². The van der Waals surface area contributed by atoms with Gasteiger partial charge in [0.25, 0.3) is 0 Å². The van der Waals surface area contributed by atoms with E-state index in [9.17, 15) is 19.2 Å². The average Bonchev–Trinajstić information content (AvgIpc) is 3.32. The fourth-order valence-corrected chi connectivity index (χ4v) is 8.03. The van der Waals surface area contributed by atoms with Crippen LogP contribution in [-0.2, 0) is 42.7 Å². The summed E-state index contributed by atoms with van der Waals surface area (Å²) in [5, 5.41) is 5.35. The third-order valence-corrected chi connectivity index (χ3v) is 12.8. The van der Waals surface area contributed by atoms with Crippen molar-refractivity contribution < 1.29 is 52.3 Å². The van der Waals surface area contributed by atoms with Gasteiger partial charge < -0.3 is 43.8 Å². The van der Waals surface area contributed by atoms with E-state index in [1.807, 2.05) is 34.6 Å². The number of alkyl carbamates (subject to hydrolysis) is 2. The standard InChI is InChI=1S/C57H110N2O11/c1-8-11-13-15-17-19-21-23-25-27-29-31-33-35-37-39-52(60)66-49-51(69-53(61)40-38-36-34-32-30-28-26-24-22-20-18-16-14-12-9-2)50-67-54(62)58-42-45-64-47-48-65-46-43-59-55(63)70-57(7,10-3)41-44-68-56(4,5)6/h51H,8-50H2,1-7H3,(H,58,62)(H,59,63). The van der Waals surface area contributed by atoms with E-state index in [1.54, 1.807) is 0 Å². The average molecular weight is 1000 g/mol. The number of rotatable bonds is 51. The normalized spacial score (nSPS) is 12.8. The van der Waals surface area contributed by atoms with Gasteiger partial charge in [0.1, 0.15) is 18.8 Å². The van der Waals surface area contributed by atoms with Crippen LogP contribution in [0.1, 0.15) is 267 Å². The molecule has 0 saturated carbocycles. The van der Waals surface area contributed by atoms with Crippen LogP contribution in [0.3, 0.4) is 0 Å². The highest BCUT2D eigenvalue weighted by molar-refractivity contribution is 5.70. The number of carbonyl (C=O) groups is 4. The number of nitrogens with one attached hydrogen (secondary N) is 2. The van der Waals surface area contributed by atoms with Crippen LogP contribution >= 0.6 is 0 Å². The van der Waals surface area contributed by atoms with Crippen molar-refractivity contribution in [2.45, 2.75) is 284 Å². The van der Waals surface area contributed by atoms with Gasteiger partial charge in [-0.05, 0) is 47.0 Å². The largest absolute Gasteiger partial charge is 0.462 e. The van der Waals surface area contributed by atoms with E-state index in [4.69, 9.17) is 33.2 Å². The first-order chi connectivity index (χ1) is 33.8. The SMILES string of the molecule is CCCCCCCCCCCCCCCCCC(=O)OCC(COC(=O)NCCOCCOCCNC(=O)OC(C)(CC)CCOC(C)(C)C)OC(=O)CCCCCCCCCCCCCCCCC. The Morgan fingerprint density at radius 1 is 0.429 bits per heavy atom. The minimum Gasteiger partial charge on any atom is -0.462 e. The molecular weight excluding hydrogens is 889 g/mol. The molecule has 2 unspecified atom stereocenters. The molecule has 0 aliphatic carbocycles. The molecule has 0 spiro atoms. The topological polar surface area (TPSA) is 157 Å². The van der Waals surface area contributed by atoms with E-state index in [0.717, 1.165) is 38.5 Å². The molecule has 0 bridgehead atoms. The van der Waals surface area contributed by atoms with Crippen LogP contribution in [0.15, 0.2) is 0 Å². The van der Waals surface area contributed by atoms with Crippen molar-refractivity contribution in [1.82, 2.24) is 10.6 Å². The van der Waals surface area contributed by atoms with Crippen molar-refractivity contribution in [2.75, 3.05) is 59.3 Å². The zero-order valence-corrected chi connectivity index (χ0v) is 46.5. The molecule has 13 heteroatoms. The Morgan fingerprint density at radius 3 is 1.20 bits per heavy atom. The van der Waals surface area contributed by atoms with E-state index in [2.05, 4.69) is 24.5 Å². The fraction of sp³-hybridized carbons (Fsp3) is 0.930. The van der Waals surface area contributed by atoms with E-state index in [-0.39, 0.29) is 50.3 Å². The zero-order valence-electron chi connectivity index (χ0n) is 46.5. The number of esters is 2. The number of hydrogen-bond donors (Lipinski definition) is 2. The van der Waals surface area contributed by atoms with Gasteiger partial charge in [-0.2, -0.15) is 0 Å². The van der Waals surface area contributed by atoms with Crippen molar-refractivity contribution >= 4 is 24.1 Å². The van der Waals surface area contributed by atoms with E-state index in [0.29, 0.717) is 52.2 Å². The summed E-state index contributed by atoms with van der Waals surface area (Å²) in [4.78, 5) is 50.3. The number of hydrogen-bond acceptors (Lipinski definition) is 11. The van der Waals surface area contributed by atoms with Crippen molar-refractivity contribution in [3.8, 4) is 0 Å². The highest BCUT2D eigenvalue weighted by atomic mass is 16.6. The summed E-state index contributed by atoms with van der Waals surface area (Å²) in [5.41, 5.74) is -0.872. The van der Waals surface area contributed by atoms with Gasteiger partial charge in [0.2, 0.25) is 0 Å². The smallest absolute Gasteiger partial charge is 0.407 e. The lowest BCUT2D eigenvalue weighted by atomic mass is 9.99. The molecule has 2 atom stereocenters. The minimum absolute atomic E-state index is 0.166. The highest BCUT2D eigenvalue weighted by Gasteiger charge is 2.27. The number of amides is 2. The third-order valence-electron chi connectivity index (χ3n) is 12.8. The Kier molecular flexibility index (Phi) is 46.8. The summed E-state index contributed by atoms with van der Waals surface area (Å²) in [7, 11) is 0. The second kappa shape index (κ2) is 48.6. The van der Waals surface area contributed by atoms with Gasteiger partial charge in [-0.25, -0.2) is 9.59 Å². The minimum atomic E-state index is -0.895. The molecule has 0 heterocycles. The number of ether oxygens (including phenoxy) is 7. The highest BCUT2D eigenvalue weighted by Crippen LogP contribution is 2.22. The van der Waals surface area contributed by atoms with Gasteiger partial charge in [0.15, 0.2) is 6.10 Å². The molecule has 13 nitrogen and oxygen atoms in total. The molecule has 2 amide bonds. The van der Waals surface area contributed by atoms with E-state index < -0.39 is 23.9 Å². The Morgan fingerprint density at radius 2 is 0.800 bits per heavy atom. The summed E-state index contributed by atoms with van der Waals surface area (Å²) < 4.78 is 39.1. The quantitative estimate of drug-likeness (QED) is 0.0340. The summed E-state index contributed by atoms with van der Waals surface area (Å²) in [6.45, 7) is 16.1. The molecule has 0 saturated heterocycles. The molecule has 0 aromatic heterocycles. The van der Waals surface area contributed by atoms with Gasteiger partial charge in [0, 0.05) is 32.4 Å².